The van der Waals surface area contributed by atoms with Gasteiger partial charge in [-0.15, -0.1) is 0 Å². The number of hydrogen-bond donors (Lipinski definition) is 0. The summed E-state index contributed by atoms with van der Waals surface area (Å²) in [6.07, 6.45) is -0.502. The Morgan fingerprint density at radius 2 is 1.75 bits per heavy atom. The van der Waals surface area contributed by atoms with Gasteiger partial charge in [0.2, 0.25) is 0 Å². The first-order valence-corrected chi connectivity index (χ1v) is 7.43. The Morgan fingerprint density at radius 3 is 2.25 bits per heavy atom. The zero-order valence-corrected chi connectivity index (χ0v) is 14.7. The number of esters is 1. The Kier molecular flexibility index (Phi) is 7.12. The second-order valence-corrected chi connectivity index (χ2v) is 5.98. The number of rotatable bonds is 4. The summed E-state index contributed by atoms with van der Waals surface area (Å²) in [5, 5.41) is 0. The van der Waals surface area contributed by atoms with E-state index in [0.29, 0.717) is 6.54 Å². The first-order chi connectivity index (χ1) is 11.2. The molecule has 0 aliphatic heterocycles. The van der Waals surface area contributed by atoms with Gasteiger partial charge in [-0.2, -0.15) is 0 Å². The molecular weight excluding hydrogens is 310 g/mol. The molecule has 0 heterocycles. The van der Waals surface area contributed by atoms with E-state index in [-0.39, 0.29) is 6.54 Å². The Morgan fingerprint density at radius 1 is 1.12 bits per heavy atom. The molecule has 0 atom stereocenters. The van der Waals surface area contributed by atoms with Crippen LogP contribution in [-0.2, 0) is 20.8 Å². The Bertz CT molecular complexity index is 620. The van der Waals surface area contributed by atoms with E-state index in [1.54, 1.807) is 27.9 Å². The second kappa shape index (κ2) is 8.82. The van der Waals surface area contributed by atoms with Crippen LogP contribution in [-0.4, -0.2) is 43.3 Å². The van der Waals surface area contributed by atoms with Gasteiger partial charge >= 0.3 is 12.1 Å². The number of methoxy groups -OCH3 is 2. The molecule has 0 unspecified atom stereocenters. The summed E-state index contributed by atoms with van der Waals surface area (Å²) in [7, 11) is 2.84. The molecule has 0 fully saturated rings. The predicted molar refractivity (Wildman–Crippen MR) is 89.4 cm³/mol. The van der Waals surface area contributed by atoms with Crippen LogP contribution in [0.1, 0.15) is 26.3 Å². The van der Waals surface area contributed by atoms with Crippen molar-refractivity contribution in [3.8, 4) is 17.6 Å². The SMILES string of the molecule is COC(=O)C#CCN(Cc1ccc(OC)cc1)C(=O)OC(C)(C)C. The third kappa shape index (κ3) is 7.05. The highest BCUT2D eigenvalue weighted by molar-refractivity contribution is 5.88. The molecule has 0 aliphatic carbocycles. The molecule has 6 nitrogen and oxygen atoms in total. The molecule has 24 heavy (non-hydrogen) atoms. The van der Waals surface area contributed by atoms with Crippen molar-refractivity contribution < 1.29 is 23.8 Å². The van der Waals surface area contributed by atoms with Crippen molar-refractivity contribution in [1.29, 1.82) is 0 Å². The minimum atomic E-state index is -0.649. The van der Waals surface area contributed by atoms with Gasteiger partial charge in [-0.05, 0) is 38.5 Å². The van der Waals surface area contributed by atoms with Gasteiger partial charge < -0.3 is 14.2 Å². The molecule has 0 saturated carbocycles. The van der Waals surface area contributed by atoms with Gasteiger partial charge in [0.1, 0.15) is 11.4 Å². The average molecular weight is 333 g/mol. The van der Waals surface area contributed by atoms with Crippen molar-refractivity contribution in [2.24, 2.45) is 0 Å². The fourth-order valence-corrected chi connectivity index (χ4v) is 1.72. The molecule has 0 spiro atoms. The number of carbonyl (C=O) groups excluding carboxylic acids is 2. The molecule has 1 aromatic rings. The molecule has 0 aromatic heterocycles. The molecule has 0 radical (unpaired) electrons. The topological polar surface area (TPSA) is 65.1 Å². The third-order valence-electron chi connectivity index (χ3n) is 2.83. The van der Waals surface area contributed by atoms with Crippen molar-refractivity contribution in [2.75, 3.05) is 20.8 Å². The normalized spacial score (nSPS) is 10.2. The maximum absolute atomic E-state index is 12.3. The van der Waals surface area contributed by atoms with Crippen LogP contribution in [0, 0.1) is 11.8 Å². The summed E-state index contributed by atoms with van der Waals surface area (Å²) in [4.78, 5) is 24.8. The third-order valence-corrected chi connectivity index (χ3v) is 2.83. The van der Waals surface area contributed by atoms with E-state index < -0.39 is 17.7 Å². The van der Waals surface area contributed by atoms with Crippen LogP contribution in [0.25, 0.3) is 0 Å². The molecule has 0 saturated heterocycles. The summed E-state index contributed by atoms with van der Waals surface area (Å²) in [5.41, 5.74) is 0.270. The van der Waals surface area contributed by atoms with Gasteiger partial charge in [0, 0.05) is 12.5 Å². The van der Waals surface area contributed by atoms with Crippen molar-refractivity contribution in [2.45, 2.75) is 32.9 Å². The number of ether oxygens (including phenoxy) is 3. The van der Waals surface area contributed by atoms with E-state index in [1.807, 2.05) is 24.3 Å². The first-order valence-electron chi connectivity index (χ1n) is 7.43. The van der Waals surface area contributed by atoms with Gasteiger partial charge in [-0.25, -0.2) is 9.59 Å². The minimum absolute atomic E-state index is 0.0516. The summed E-state index contributed by atoms with van der Waals surface area (Å²) in [5.74, 6) is 5.01. The van der Waals surface area contributed by atoms with Crippen LogP contribution in [0.2, 0.25) is 0 Å². The number of hydrogen-bond acceptors (Lipinski definition) is 5. The van der Waals surface area contributed by atoms with Crippen molar-refractivity contribution in [1.82, 2.24) is 4.90 Å². The molecule has 0 N–H and O–H groups in total. The van der Waals surface area contributed by atoms with E-state index in [2.05, 4.69) is 16.6 Å². The van der Waals surface area contributed by atoms with Gasteiger partial charge in [0.15, 0.2) is 0 Å². The first kappa shape index (κ1) is 19.4. The Labute approximate surface area is 142 Å². The van der Waals surface area contributed by atoms with Crippen LogP contribution in [0.4, 0.5) is 4.79 Å². The Hall–Kier alpha value is -2.68. The lowest BCUT2D eigenvalue weighted by atomic mass is 10.2. The molecule has 1 amide bonds. The molecule has 1 rings (SSSR count). The molecule has 6 heteroatoms. The fourth-order valence-electron chi connectivity index (χ4n) is 1.72. The molecule has 1 aromatic carbocycles. The maximum Gasteiger partial charge on any atom is 0.411 e. The number of amides is 1. The lowest BCUT2D eigenvalue weighted by Crippen LogP contribution is -2.36. The number of benzene rings is 1. The smallest absolute Gasteiger partial charge is 0.411 e. The van der Waals surface area contributed by atoms with Gasteiger partial charge in [0.25, 0.3) is 0 Å². The van der Waals surface area contributed by atoms with E-state index in [4.69, 9.17) is 9.47 Å². The van der Waals surface area contributed by atoms with Gasteiger partial charge in [0.05, 0.1) is 20.8 Å². The highest BCUT2D eigenvalue weighted by Gasteiger charge is 2.21. The van der Waals surface area contributed by atoms with Crippen molar-refractivity contribution >= 4 is 12.1 Å². The monoisotopic (exact) mass is 333 g/mol. The summed E-state index contributed by atoms with van der Waals surface area (Å²) < 4.78 is 14.9. The van der Waals surface area contributed by atoms with E-state index >= 15 is 0 Å². The summed E-state index contributed by atoms with van der Waals surface area (Å²) in [6, 6.07) is 7.32. The zero-order chi connectivity index (χ0) is 18.2. The number of nitrogens with zero attached hydrogens (tertiary/aromatic N) is 1. The average Bonchev–Trinajstić information content (AvgIpc) is 2.52. The molecule has 0 aliphatic rings. The predicted octanol–water partition coefficient (Wildman–Crippen LogP) is 2.61. The van der Waals surface area contributed by atoms with Crippen LogP contribution in [0.3, 0.4) is 0 Å². The van der Waals surface area contributed by atoms with E-state index in [0.717, 1.165) is 11.3 Å². The summed E-state index contributed by atoms with van der Waals surface area (Å²) in [6.45, 7) is 5.72. The van der Waals surface area contributed by atoms with Gasteiger partial charge in [-0.3, -0.25) is 4.90 Å². The lowest BCUT2D eigenvalue weighted by molar-refractivity contribution is -0.133. The van der Waals surface area contributed by atoms with Crippen molar-refractivity contribution in [3.63, 3.8) is 0 Å². The zero-order valence-electron chi connectivity index (χ0n) is 14.7. The highest BCUT2D eigenvalue weighted by atomic mass is 16.6. The van der Waals surface area contributed by atoms with E-state index in [1.165, 1.54) is 12.0 Å². The number of carbonyl (C=O) groups is 2. The van der Waals surface area contributed by atoms with E-state index in [9.17, 15) is 9.59 Å². The van der Waals surface area contributed by atoms with Crippen LogP contribution < -0.4 is 4.74 Å². The van der Waals surface area contributed by atoms with Crippen LogP contribution >= 0.6 is 0 Å². The fraction of sp³-hybridized carbons (Fsp3) is 0.444. The summed E-state index contributed by atoms with van der Waals surface area (Å²) >= 11 is 0. The quantitative estimate of drug-likeness (QED) is 0.481. The molecule has 130 valence electrons. The van der Waals surface area contributed by atoms with Crippen molar-refractivity contribution in [3.05, 3.63) is 29.8 Å². The van der Waals surface area contributed by atoms with Crippen LogP contribution in [0.5, 0.6) is 5.75 Å². The minimum Gasteiger partial charge on any atom is -0.497 e. The Balaban J connectivity index is 2.87. The second-order valence-electron chi connectivity index (χ2n) is 5.98. The highest BCUT2D eigenvalue weighted by Crippen LogP contribution is 2.15. The molecule has 0 bridgehead atoms. The van der Waals surface area contributed by atoms with Gasteiger partial charge in [-0.1, -0.05) is 18.1 Å². The largest absolute Gasteiger partial charge is 0.497 e. The maximum atomic E-state index is 12.3. The standard InChI is InChI=1S/C18H23NO5/c1-18(2,3)24-17(21)19(12-6-7-16(20)23-5)13-14-8-10-15(22-4)11-9-14/h8-11H,12-13H2,1-5H3. The van der Waals surface area contributed by atoms with Crippen LogP contribution in [0.15, 0.2) is 24.3 Å². The molecular formula is C18H23NO5. The lowest BCUT2D eigenvalue weighted by Gasteiger charge is -2.26.